The van der Waals surface area contributed by atoms with Crippen LogP contribution < -0.4 is 10.6 Å². The Hall–Kier alpha value is -2.14. The molecule has 1 aromatic rings. The SMILES string of the molecule is COC[C@H]1C[C@@H](NC(=O)c2ncco2)CN1.O=C(O)C(F)(F)F. The number of hydrogen-bond donors (Lipinski definition) is 3. The van der Waals surface area contributed by atoms with Gasteiger partial charge in [-0.15, -0.1) is 0 Å². The first kappa shape index (κ1) is 18.9. The zero-order valence-corrected chi connectivity index (χ0v) is 12.1. The van der Waals surface area contributed by atoms with Gasteiger partial charge in [0.2, 0.25) is 0 Å². The number of methoxy groups -OCH3 is 1. The topological polar surface area (TPSA) is 114 Å². The van der Waals surface area contributed by atoms with E-state index in [0.717, 1.165) is 13.0 Å². The van der Waals surface area contributed by atoms with Crippen LogP contribution in [0.2, 0.25) is 0 Å². The van der Waals surface area contributed by atoms with Crippen LogP contribution in [0.5, 0.6) is 0 Å². The van der Waals surface area contributed by atoms with Gasteiger partial charge < -0.3 is 24.9 Å². The highest BCUT2D eigenvalue weighted by molar-refractivity contribution is 5.89. The fourth-order valence-electron chi connectivity index (χ4n) is 1.84. The molecular weight excluding hydrogens is 323 g/mol. The van der Waals surface area contributed by atoms with Crippen LogP contribution in [0.1, 0.15) is 17.1 Å². The van der Waals surface area contributed by atoms with Crippen LogP contribution in [-0.2, 0) is 9.53 Å². The maximum absolute atomic E-state index is 11.6. The Balaban J connectivity index is 0.000000322. The number of aromatic nitrogens is 1. The second-order valence-electron chi connectivity index (χ2n) is 4.61. The van der Waals surface area contributed by atoms with E-state index in [-0.39, 0.29) is 17.8 Å². The summed E-state index contributed by atoms with van der Waals surface area (Å²) >= 11 is 0. The zero-order chi connectivity index (χ0) is 17.5. The molecule has 0 saturated carbocycles. The standard InChI is InChI=1S/C10H15N3O3.C2HF3O2/c1-15-6-8-4-7(5-12-8)13-9(14)10-11-2-3-16-10;3-2(4,5)1(6)7/h2-3,7-8,12H,4-6H2,1H3,(H,13,14);(H,6,7)/t7-,8-;/m1./s1. The number of nitrogens with one attached hydrogen (secondary N) is 2. The number of nitrogens with zero attached hydrogens (tertiary/aromatic N) is 1. The second kappa shape index (κ2) is 8.48. The summed E-state index contributed by atoms with van der Waals surface area (Å²) in [6.45, 7) is 1.41. The van der Waals surface area contributed by atoms with E-state index in [0.29, 0.717) is 12.6 Å². The molecule has 1 aromatic heterocycles. The van der Waals surface area contributed by atoms with Crippen molar-refractivity contribution in [2.24, 2.45) is 0 Å². The summed E-state index contributed by atoms with van der Waals surface area (Å²) < 4.78 is 41.7. The summed E-state index contributed by atoms with van der Waals surface area (Å²) in [5, 5.41) is 13.2. The smallest absolute Gasteiger partial charge is 0.475 e. The number of ether oxygens (including phenoxy) is 1. The van der Waals surface area contributed by atoms with Crippen LogP contribution in [-0.4, -0.2) is 60.5 Å². The summed E-state index contributed by atoms with van der Waals surface area (Å²) in [4.78, 5) is 24.3. The van der Waals surface area contributed by atoms with Gasteiger partial charge in [0.1, 0.15) is 6.26 Å². The highest BCUT2D eigenvalue weighted by Gasteiger charge is 2.38. The zero-order valence-electron chi connectivity index (χ0n) is 12.1. The van der Waals surface area contributed by atoms with Gasteiger partial charge in [-0.2, -0.15) is 13.2 Å². The third-order valence-electron chi connectivity index (χ3n) is 2.79. The van der Waals surface area contributed by atoms with Crippen LogP contribution >= 0.6 is 0 Å². The molecule has 1 aliphatic heterocycles. The number of carbonyl (C=O) groups is 2. The number of alkyl halides is 3. The summed E-state index contributed by atoms with van der Waals surface area (Å²) in [5.74, 6) is -2.92. The summed E-state index contributed by atoms with van der Waals surface area (Å²) in [6.07, 6.45) is -1.38. The lowest BCUT2D eigenvalue weighted by Gasteiger charge is -2.10. The van der Waals surface area contributed by atoms with Crippen molar-refractivity contribution < 1.29 is 37.0 Å². The van der Waals surface area contributed by atoms with Crippen molar-refractivity contribution in [1.29, 1.82) is 0 Å². The van der Waals surface area contributed by atoms with Crippen LogP contribution in [0.3, 0.4) is 0 Å². The molecule has 0 aromatic carbocycles. The molecule has 130 valence electrons. The molecule has 2 atom stereocenters. The van der Waals surface area contributed by atoms with Crippen LogP contribution in [0, 0.1) is 0 Å². The number of hydrogen-bond acceptors (Lipinski definition) is 6. The minimum Gasteiger partial charge on any atom is -0.475 e. The van der Waals surface area contributed by atoms with Crippen molar-refractivity contribution in [3.8, 4) is 0 Å². The summed E-state index contributed by atoms with van der Waals surface area (Å²) in [6, 6.07) is 0.416. The molecular formula is C12H16F3N3O5. The Bertz CT molecular complexity index is 507. The first-order valence-electron chi connectivity index (χ1n) is 6.46. The van der Waals surface area contributed by atoms with Crippen LogP contribution in [0.15, 0.2) is 16.9 Å². The van der Waals surface area contributed by atoms with E-state index < -0.39 is 12.1 Å². The number of carboxylic acid groups (broad SMARTS) is 1. The molecule has 2 rings (SSSR count). The van der Waals surface area contributed by atoms with E-state index in [4.69, 9.17) is 19.1 Å². The first-order chi connectivity index (χ1) is 10.7. The minimum absolute atomic E-state index is 0.107. The van der Waals surface area contributed by atoms with E-state index in [1.165, 1.54) is 12.5 Å². The van der Waals surface area contributed by atoms with Gasteiger partial charge in [0.15, 0.2) is 0 Å². The summed E-state index contributed by atoms with van der Waals surface area (Å²) in [7, 11) is 1.67. The summed E-state index contributed by atoms with van der Waals surface area (Å²) in [5.41, 5.74) is 0. The largest absolute Gasteiger partial charge is 0.490 e. The van der Waals surface area contributed by atoms with E-state index in [9.17, 15) is 18.0 Å². The number of amides is 1. The number of oxazole rings is 1. The number of rotatable bonds is 4. The second-order valence-corrected chi connectivity index (χ2v) is 4.61. The lowest BCUT2D eigenvalue weighted by molar-refractivity contribution is -0.192. The Morgan fingerprint density at radius 1 is 1.57 bits per heavy atom. The van der Waals surface area contributed by atoms with Gasteiger partial charge in [0.05, 0.1) is 12.8 Å². The molecule has 3 N–H and O–H groups in total. The Kier molecular flexibility index (Phi) is 6.97. The van der Waals surface area contributed by atoms with Crippen molar-refractivity contribution in [3.63, 3.8) is 0 Å². The molecule has 8 nitrogen and oxygen atoms in total. The number of carboxylic acids is 1. The fourth-order valence-corrected chi connectivity index (χ4v) is 1.84. The Morgan fingerprint density at radius 2 is 2.22 bits per heavy atom. The van der Waals surface area contributed by atoms with Gasteiger partial charge >= 0.3 is 18.1 Å². The molecule has 1 fully saturated rings. The Labute approximate surface area is 129 Å². The first-order valence-corrected chi connectivity index (χ1v) is 6.46. The van der Waals surface area contributed by atoms with Crippen molar-refractivity contribution >= 4 is 11.9 Å². The fraction of sp³-hybridized carbons (Fsp3) is 0.583. The molecule has 0 bridgehead atoms. The predicted molar refractivity (Wildman–Crippen MR) is 69.7 cm³/mol. The quantitative estimate of drug-likeness (QED) is 0.728. The molecule has 2 heterocycles. The molecule has 11 heteroatoms. The number of halogens is 3. The maximum atomic E-state index is 11.6. The van der Waals surface area contributed by atoms with Crippen LogP contribution in [0.25, 0.3) is 0 Å². The van der Waals surface area contributed by atoms with E-state index in [2.05, 4.69) is 15.6 Å². The maximum Gasteiger partial charge on any atom is 0.490 e. The van der Waals surface area contributed by atoms with Gasteiger partial charge in [0, 0.05) is 25.7 Å². The number of carbonyl (C=O) groups excluding carboxylic acids is 1. The highest BCUT2D eigenvalue weighted by atomic mass is 19.4. The van der Waals surface area contributed by atoms with E-state index in [1.807, 2.05) is 0 Å². The van der Waals surface area contributed by atoms with Gasteiger partial charge in [-0.3, -0.25) is 4.79 Å². The Morgan fingerprint density at radius 3 is 2.70 bits per heavy atom. The predicted octanol–water partition coefficient (Wildman–Crippen LogP) is 0.415. The van der Waals surface area contributed by atoms with Gasteiger partial charge in [0.25, 0.3) is 5.89 Å². The van der Waals surface area contributed by atoms with Crippen LogP contribution in [0.4, 0.5) is 13.2 Å². The van der Waals surface area contributed by atoms with Gasteiger partial charge in [-0.05, 0) is 6.42 Å². The van der Waals surface area contributed by atoms with Gasteiger partial charge in [-0.25, -0.2) is 9.78 Å². The average Bonchev–Trinajstić information content (AvgIpc) is 3.10. The van der Waals surface area contributed by atoms with E-state index in [1.54, 1.807) is 7.11 Å². The molecule has 1 saturated heterocycles. The van der Waals surface area contributed by atoms with Crippen molar-refractivity contribution in [1.82, 2.24) is 15.6 Å². The number of aliphatic carboxylic acids is 1. The van der Waals surface area contributed by atoms with Gasteiger partial charge in [-0.1, -0.05) is 0 Å². The monoisotopic (exact) mass is 339 g/mol. The molecule has 0 unspecified atom stereocenters. The normalized spacial score (nSPS) is 20.5. The van der Waals surface area contributed by atoms with Crippen molar-refractivity contribution in [2.45, 2.75) is 24.7 Å². The average molecular weight is 339 g/mol. The van der Waals surface area contributed by atoms with Crippen molar-refractivity contribution in [2.75, 3.05) is 20.3 Å². The molecule has 0 aliphatic carbocycles. The van der Waals surface area contributed by atoms with Crippen molar-refractivity contribution in [3.05, 3.63) is 18.4 Å². The molecule has 1 aliphatic rings. The minimum atomic E-state index is -5.08. The lowest BCUT2D eigenvalue weighted by Crippen LogP contribution is -2.36. The third kappa shape index (κ3) is 6.65. The van der Waals surface area contributed by atoms with E-state index >= 15 is 0 Å². The molecule has 23 heavy (non-hydrogen) atoms. The third-order valence-corrected chi connectivity index (χ3v) is 2.79. The molecule has 1 amide bonds. The molecule has 0 radical (unpaired) electrons. The molecule has 0 spiro atoms. The highest BCUT2D eigenvalue weighted by Crippen LogP contribution is 2.13. The lowest BCUT2D eigenvalue weighted by atomic mass is 10.2.